The Balaban J connectivity index is 2.40. The van der Waals surface area contributed by atoms with Gasteiger partial charge in [0.15, 0.2) is 0 Å². The number of methoxy groups -OCH3 is 1. The van der Waals surface area contributed by atoms with Crippen molar-refractivity contribution in [1.82, 2.24) is 0 Å². The van der Waals surface area contributed by atoms with Gasteiger partial charge in [0.05, 0.1) is 36.6 Å². The van der Waals surface area contributed by atoms with Crippen LogP contribution in [0.5, 0.6) is 5.75 Å². The molecule has 2 N–H and O–H groups in total. The molecule has 5 nitrogen and oxygen atoms in total. The maximum atomic E-state index is 9.59. The number of ether oxygens (including phenoxy) is 2. The van der Waals surface area contributed by atoms with Crippen LogP contribution in [0.15, 0.2) is 24.3 Å². The molecule has 0 amide bonds. The van der Waals surface area contributed by atoms with Crippen LogP contribution in [0.3, 0.4) is 0 Å². The maximum absolute atomic E-state index is 9.59. The molecule has 0 fully saturated rings. The average Bonchev–Trinajstić information content (AvgIpc) is 2.95. The van der Waals surface area contributed by atoms with E-state index in [2.05, 4.69) is 12.1 Å². The number of benzene rings is 2. The van der Waals surface area contributed by atoms with Crippen LogP contribution >= 0.6 is 0 Å². The second-order valence-electron chi connectivity index (χ2n) is 5.34. The van der Waals surface area contributed by atoms with Gasteiger partial charge in [0.2, 0.25) is 0 Å². The molecule has 1 aliphatic heterocycles. The van der Waals surface area contributed by atoms with Gasteiger partial charge < -0.3 is 15.2 Å². The van der Waals surface area contributed by atoms with Crippen LogP contribution in [-0.2, 0) is 11.3 Å². The van der Waals surface area contributed by atoms with Crippen molar-refractivity contribution in [2.24, 2.45) is 0 Å². The normalized spacial score (nSPS) is 15.6. The summed E-state index contributed by atoms with van der Waals surface area (Å²) in [5, 5.41) is 19.0. The highest BCUT2D eigenvalue weighted by Gasteiger charge is 2.31. The fourth-order valence-corrected chi connectivity index (χ4v) is 3.07. The number of rotatable bonds is 2. The number of fused-ring (bicyclic) bond motifs is 1. The van der Waals surface area contributed by atoms with E-state index in [0.717, 1.165) is 22.3 Å². The van der Waals surface area contributed by atoms with Crippen molar-refractivity contribution < 1.29 is 9.47 Å². The molecule has 0 aliphatic carbocycles. The van der Waals surface area contributed by atoms with E-state index in [-0.39, 0.29) is 11.8 Å². The van der Waals surface area contributed by atoms with Gasteiger partial charge in [-0.15, -0.1) is 0 Å². The average molecular weight is 305 g/mol. The molecule has 1 unspecified atom stereocenters. The Hall–Kier alpha value is -3.02. The predicted molar refractivity (Wildman–Crippen MR) is 85.5 cm³/mol. The molecule has 0 saturated carbocycles. The van der Waals surface area contributed by atoms with E-state index in [1.807, 2.05) is 31.2 Å². The molecule has 0 radical (unpaired) electrons. The molecule has 114 valence electrons. The zero-order valence-corrected chi connectivity index (χ0v) is 12.9. The fourth-order valence-electron chi connectivity index (χ4n) is 3.07. The molecule has 1 heterocycles. The molecule has 23 heavy (non-hydrogen) atoms. The molecule has 3 rings (SSSR count). The fraction of sp³-hybridized carbons (Fsp3) is 0.222. The number of nitriles is 2. The third-order valence-corrected chi connectivity index (χ3v) is 4.15. The highest BCUT2D eigenvalue weighted by atomic mass is 16.5. The Morgan fingerprint density at radius 3 is 2.65 bits per heavy atom. The van der Waals surface area contributed by atoms with E-state index in [4.69, 9.17) is 15.2 Å². The molecule has 0 aromatic heterocycles. The van der Waals surface area contributed by atoms with Crippen molar-refractivity contribution in [2.45, 2.75) is 19.6 Å². The van der Waals surface area contributed by atoms with Crippen LogP contribution in [0.1, 0.15) is 35.3 Å². The number of hydrogen-bond acceptors (Lipinski definition) is 5. The van der Waals surface area contributed by atoms with Crippen molar-refractivity contribution in [2.75, 3.05) is 12.8 Å². The van der Waals surface area contributed by atoms with Gasteiger partial charge in [-0.1, -0.05) is 12.1 Å². The molecule has 1 atom stereocenters. The summed E-state index contributed by atoms with van der Waals surface area (Å²) in [5.41, 5.74) is 10.2. The van der Waals surface area contributed by atoms with Gasteiger partial charge in [-0.3, -0.25) is 0 Å². The standard InChI is InChI=1S/C18H15N3O2/c1-10-16-13(7-19)18(21)14(8-20)17(15(16)9-23-10)11-4-3-5-12(6-11)22-2/h3-6,10H,9,21H2,1-2H3. The molecule has 0 spiro atoms. The molecular weight excluding hydrogens is 290 g/mol. The SMILES string of the molecule is COc1cccc(-c2c(C#N)c(N)c(C#N)c3c2COC3C)c1. The monoisotopic (exact) mass is 305 g/mol. The molecule has 5 heteroatoms. The van der Waals surface area contributed by atoms with E-state index in [0.29, 0.717) is 23.5 Å². The Morgan fingerprint density at radius 2 is 2.00 bits per heavy atom. The van der Waals surface area contributed by atoms with E-state index >= 15 is 0 Å². The number of nitrogen functional groups attached to an aromatic ring is 1. The molecule has 0 bridgehead atoms. The summed E-state index contributed by atoms with van der Waals surface area (Å²) in [6.45, 7) is 2.24. The minimum atomic E-state index is -0.223. The number of hydrogen-bond donors (Lipinski definition) is 1. The first-order chi connectivity index (χ1) is 11.1. The van der Waals surface area contributed by atoms with E-state index < -0.39 is 0 Å². The minimum Gasteiger partial charge on any atom is -0.497 e. The van der Waals surface area contributed by atoms with Gasteiger partial charge in [0.25, 0.3) is 0 Å². The third-order valence-electron chi connectivity index (χ3n) is 4.15. The first-order valence-corrected chi connectivity index (χ1v) is 7.16. The van der Waals surface area contributed by atoms with Crippen LogP contribution in [0, 0.1) is 22.7 Å². The molecule has 2 aromatic carbocycles. The van der Waals surface area contributed by atoms with E-state index in [1.54, 1.807) is 7.11 Å². The van der Waals surface area contributed by atoms with Crippen molar-refractivity contribution in [3.63, 3.8) is 0 Å². The van der Waals surface area contributed by atoms with Crippen molar-refractivity contribution in [1.29, 1.82) is 10.5 Å². The van der Waals surface area contributed by atoms with Gasteiger partial charge >= 0.3 is 0 Å². The van der Waals surface area contributed by atoms with Crippen LogP contribution in [0.4, 0.5) is 5.69 Å². The third kappa shape index (κ3) is 2.19. The summed E-state index contributed by atoms with van der Waals surface area (Å²) >= 11 is 0. The maximum Gasteiger partial charge on any atom is 0.119 e. The lowest BCUT2D eigenvalue weighted by molar-refractivity contribution is 0.0796. The summed E-state index contributed by atoms with van der Waals surface area (Å²) in [4.78, 5) is 0. The topological polar surface area (TPSA) is 92.1 Å². The van der Waals surface area contributed by atoms with Gasteiger partial charge in [-0.2, -0.15) is 10.5 Å². The Kier molecular flexibility index (Phi) is 3.65. The summed E-state index contributed by atoms with van der Waals surface area (Å²) in [5.74, 6) is 0.690. The van der Waals surface area contributed by atoms with Crippen LogP contribution in [0.2, 0.25) is 0 Å². The summed E-state index contributed by atoms with van der Waals surface area (Å²) in [6, 6.07) is 11.7. The van der Waals surface area contributed by atoms with Crippen LogP contribution in [-0.4, -0.2) is 7.11 Å². The molecule has 1 aliphatic rings. The Labute approximate surface area is 134 Å². The lowest BCUT2D eigenvalue weighted by Crippen LogP contribution is -2.05. The summed E-state index contributed by atoms with van der Waals surface area (Å²) in [6.07, 6.45) is -0.223. The minimum absolute atomic E-state index is 0.212. The smallest absolute Gasteiger partial charge is 0.119 e. The van der Waals surface area contributed by atoms with Gasteiger partial charge in [-0.25, -0.2) is 0 Å². The Bertz CT molecular complexity index is 875. The summed E-state index contributed by atoms with van der Waals surface area (Å²) in [7, 11) is 1.59. The molecule has 2 aromatic rings. The zero-order chi connectivity index (χ0) is 16.6. The largest absolute Gasteiger partial charge is 0.497 e. The highest BCUT2D eigenvalue weighted by molar-refractivity contribution is 5.85. The molecular formula is C18H15N3O2. The highest BCUT2D eigenvalue weighted by Crippen LogP contribution is 2.44. The quantitative estimate of drug-likeness (QED) is 0.859. The first kappa shape index (κ1) is 14.9. The second-order valence-corrected chi connectivity index (χ2v) is 5.34. The van der Waals surface area contributed by atoms with Crippen molar-refractivity contribution in [3.8, 4) is 29.0 Å². The van der Waals surface area contributed by atoms with Crippen molar-refractivity contribution >= 4 is 5.69 Å². The van der Waals surface area contributed by atoms with Crippen LogP contribution < -0.4 is 10.5 Å². The van der Waals surface area contributed by atoms with Gasteiger partial charge in [0, 0.05) is 11.1 Å². The van der Waals surface area contributed by atoms with Crippen molar-refractivity contribution in [3.05, 3.63) is 46.5 Å². The van der Waals surface area contributed by atoms with Gasteiger partial charge in [0.1, 0.15) is 17.9 Å². The number of anilines is 1. The predicted octanol–water partition coefficient (Wildman–Crippen LogP) is 3.28. The number of nitrogens with zero attached hydrogens (tertiary/aromatic N) is 2. The lowest BCUT2D eigenvalue weighted by Gasteiger charge is -2.16. The number of nitrogens with two attached hydrogens (primary N) is 1. The van der Waals surface area contributed by atoms with E-state index in [9.17, 15) is 10.5 Å². The second kappa shape index (κ2) is 5.64. The summed E-state index contributed by atoms with van der Waals surface area (Å²) < 4.78 is 11.0. The zero-order valence-electron chi connectivity index (χ0n) is 12.9. The molecule has 0 saturated heterocycles. The van der Waals surface area contributed by atoms with Crippen LogP contribution in [0.25, 0.3) is 11.1 Å². The lowest BCUT2D eigenvalue weighted by atomic mass is 9.86. The Morgan fingerprint density at radius 1 is 1.26 bits per heavy atom. The van der Waals surface area contributed by atoms with E-state index in [1.165, 1.54) is 0 Å². The first-order valence-electron chi connectivity index (χ1n) is 7.16. The van der Waals surface area contributed by atoms with Gasteiger partial charge in [-0.05, 0) is 30.2 Å².